The summed E-state index contributed by atoms with van der Waals surface area (Å²) in [5.74, 6) is -0.946. The zero-order valence-corrected chi connectivity index (χ0v) is 16.2. The molecule has 0 spiro atoms. The highest BCUT2D eigenvalue weighted by Gasteiger charge is 2.19. The van der Waals surface area contributed by atoms with E-state index in [9.17, 15) is 14.3 Å². The van der Waals surface area contributed by atoms with Crippen LogP contribution in [-0.2, 0) is 0 Å². The van der Waals surface area contributed by atoms with Gasteiger partial charge in [0.05, 0.1) is 17.0 Å². The van der Waals surface area contributed by atoms with Crippen LogP contribution in [0.5, 0.6) is 5.75 Å². The number of amides is 1. The Kier molecular flexibility index (Phi) is 6.26. The van der Waals surface area contributed by atoms with Crippen LogP contribution in [-0.4, -0.2) is 54.3 Å². The van der Waals surface area contributed by atoms with E-state index in [2.05, 4.69) is 27.3 Å². The van der Waals surface area contributed by atoms with Crippen molar-refractivity contribution in [2.45, 2.75) is 13.8 Å². The van der Waals surface area contributed by atoms with Crippen molar-refractivity contribution in [3.63, 3.8) is 0 Å². The number of para-hydroxylation sites is 1. The van der Waals surface area contributed by atoms with E-state index in [0.29, 0.717) is 17.0 Å². The Bertz CT molecular complexity index is 876. The van der Waals surface area contributed by atoms with Crippen molar-refractivity contribution >= 4 is 17.3 Å². The first-order chi connectivity index (χ1) is 13.5. The van der Waals surface area contributed by atoms with E-state index in [1.54, 1.807) is 31.2 Å². The number of halogens is 1. The summed E-state index contributed by atoms with van der Waals surface area (Å²) in [6, 6.07) is 11.2. The Hall–Kier alpha value is -2.93. The van der Waals surface area contributed by atoms with Gasteiger partial charge in [-0.05, 0) is 37.7 Å². The number of phenolic OH excluding ortho intramolecular Hbond substituents is 1. The molecule has 6 nitrogen and oxygen atoms in total. The van der Waals surface area contributed by atoms with Crippen LogP contribution in [0.2, 0.25) is 0 Å². The van der Waals surface area contributed by atoms with Gasteiger partial charge in [-0.1, -0.05) is 25.1 Å². The van der Waals surface area contributed by atoms with Crippen molar-refractivity contribution < 1.29 is 14.3 Å². The zero-order valence-electron chi connectivity index (χ0n) is 16.2. The van der Waals surface area contributed by atoms with Crippen LogP contribution in [0.4, 0.5) is 10.1 Å². The number of hydrazone groups is 1. The number of hydrogen-bond donors (Lipinski definition) is 2. The van der Waals surface area contributed by atoms with E-state index < -0.39 is 5.91 Å². The molecule has 148 valence electrons. The number of carbonyl (C=O) groups is 1. The average Bonchev–Trinajstić information content (AvgIpc) is 2.72. The molecular weight excluding hydrogens is 359 g/mol. The first kappa shape index (κ1) is 19.8. The van der Waals surface area contributed by atoms with E-state index in [-0.39, 0.29) is 17.1 Å². The van der Waals surface area contributed by atoms with Gasteiger partial charge in [-0.3, -0.25) is 4.79 Å². The molecule has 1 aliphatic rings. The summed E-state index contributed by atoms with van der Waals surface area (Å²) in [7, 11) is 0. The van der Waals surface area contributed by atoms with Crippen LogP contribution in [0.25, 0.3) is 0 Å². The SMILES string of the molecule is CCN1CCN(c2ccc(/C(C)=N\NC(=O)c3ccccc3O)cc2F)CC1. The van der Waals surface area contributed by atoms with Crippen LogP contribution in [0.1, 0.15) is 29.8 Å². The largest absolute Gasteiger partial charge is 0.507 e. The summed E-state index contributed by atoms with van der Waals surface area (Å²) in [4.78, 5) is 16.5. The molecule has 1 aliphatic heterocycles. The second kappa shape index (κ2) is 8.84. The lowest BCUT2D eigenvalue weighted by Gasteiger charge is -2.35. The molecule has 0 saturated carbocycles. The van der Waals surface area contributed by atoms with Crippen molar-refractivity contribution in [1.82, 2.24) is 10.3 Å². The molecule has 0 unspecified atom stereocenters. The van der Waals surface area contributed by atoms with Crippen molar-refractivity contribution in [2.75, 3.05) is 37.6 Å². The van der Waals surface area contributed by atoms with Gasteiger partial charge in [0.15, 0.2) is 0 Å². The van der Waals surface area contributed by atoms with Gasteiger partial charge >= 0.3 is 0 Å². The Balaban J connectivity index is 1.68. The number of aromatic hydroxyl groups is 1. The molecule has 28 heavy (non-hydrogen) atoms. The normalized spacial score (nSPS) is 15.5. The maximum Gasteiger partial charge on any atom is 0.275 e. The monoisotopic (exact) mass is 384 g/mol. The number of carbonyl (C=O) groups excluding carboxylic acids is 1. The number of benzene rings is 2. The molecule has 3 rings (SSSR count). The highest BCUT2D eigenvalue weighted by molar-refractivity contribution is 6.01. The van der Waals surface area contributed by atoms with Crippen LogP contribution in [0, 0.1) is 5.82 Å². The summed E-state index contributed by atoms with van der Waals surface area (Å²) >= 11 is 0. The van der Waals surface area contributed by atoms with Crippen LogP contribution < -0.4 is 10.3 Å². The molecule has 0 atom stereocenters. The number of piperazine rings is 1. The second-order valence-corrected chi connectivity index (χ2v) is 6.74. The van der Waals surface area contributed by atoms with E-state index in [1.807, 2.05) is 0 Å². The topological polar surface area (TPSA) is 68.2 Å². The lowest BCUT2D eigenvalue weighted by Crippen LogP contribution is -2.46. The minimum atomic E-state index is -0.525. The number of likely N-dealkylation sites (N-methyl/N-ethyl adjacent to an activating group) is 1. The third-order valence-corrected chi connectivity index (χ3v) is 5.00. The van der Waals surface area contributed by atoms with E-state index in [1.165, 1.54) is 18.2 Å². The van der Waals surface area contributed by atoms with Crippen molar-refractivity contribution in [1.29, 1.82) is 0 Å². The smallest absolute Gasteiger partial charge is 0.275 e. The number of rotatable bonds is 5. The van der Waals surface area contributed by atoms with Gasteiger partial charge in [0.1, 0.15) is 11.6 Å². The summed E-state index contributed by atoms with van der Waals surface area (Å²) in [6.07, 6.45) is 0. The third-order valence-electron chi connectivity index (χ3n) is 5.00. The molecular formula is C21H25FN4O2. The maximum atomic E-state index is 14.7. The first-order valence-corrected chi connectivity index (χ1v) is 9.39. The molecule has 2 aromatic rings. The third kappa shape index (κ3) is 4.48. The van der Waals surface area contributed by atoms with Gasteiger partial charge < -0.3 is 14.9 Å². The van der Waals surface area contributed by atoms with Crippen LogP contribution in [0.3, 0.4) is 0 Å². The average molecular weight is 384 g/mol. The standard InChI is InChI=1S/C21H25FN4O2/c1-3-25-10-12-26(13-11-25)19-9-8-16(14-18(19)22)15(2)23-24-21(28)17-6-4-5-7-20(17)27/h4-9,14,27H,3,10-13H2,1-2H3,(H,24,28)/b23-15-. The summed E-state index contributed by atoms with van der Waals surface area (Å²) in [5, 5.41) is 13.8. The van der Waals surface area contributed by atoms with Crippen LogP contribution in [0.15, 0.2) is 47.6 Å². The molecule has 0 aromatic heterocycles. The lowest BCUT2D eigenvalue weighted by molar-refractivity contribution is 0.0952. The summed E-state index contributed by atoms with van der Waals surface area (Å²) in [6.45, 7) is 8.29. The predicted octanol–water partition coefficient (Wildman–Crippen LogP) is 2.83. The number of nitrogens with one attached hydrogen (secondary N) is 1. The molecule has 2 N–H and O–H groups in total. The second-order valence-electron chi connectivity index (χ2n) is 6.74. The van der Waals surface area contributed by atoms with E-state index >= 15 is 0 Å². The summed E-state index contributed by atoms with van der Waals surface area (Å²) in [5.41, 5.74) is 4.18. The molecule has 0 radical (unpaired) electrons. The maximum absolute atomic E-state index is 14.7. The Morgan fingerprint density at radius 3 is 2.54 bits per heavy atom. The van der Waals surface area contributed by atoms with E-state index in [4.69, 9.17) is 0 Å². The predicted molar refractivity (Wildman–Crippen MR) is 109 cm³/mol. The minimum Gasteiger partial charge on any atom is -0.507 e. The van der Waals surface area contributed by atoms with Crippen LogP contribution >= 0.6 is 0 Å². The molecule has 0 bridgehead atoms. The van der Waals surface area contributed by atoms with Gasteiger partial charge in [0, 0.05) is 31.7 Å². The fourth-order valence-corrected chi connectivity index (χ4v) is 3.22. The van der Waals surface area contributed by atoms with Crippen molar-refractivity contribution in [3.8, 4) is 5.75 Å². The minimum absolute atomic E-state index is 0.119. The first-order valence-electron chi connectivity index (χ1n) is 9.39. The van der Waals surface area contributed by atoms with E-state index in [0.717, 1.165) is 32.7 Å². The van der Waals surface area contributed by atoms with Crippen molar-refractivity contribution in [2.24, 2.45) is 5.10 Å². The van der Waals surface area contributed by atoms with Gasteiger partial charge in [0.25, 0.3) is 5.91 Å². The highest BCUT2D eigenvalue weighted by Crippen LogP contribution is 2.22. The molecule has 7 heteroatoms. The fraction of sp³-hybridized carbons (Fsp3) is 0.333. The molecule has 1 heterocycles. The lowest BCUT2D eigenvalue weighted by atomic mass is 10.1. The number of hydrogen-bond acceptors (Lipinski definition) is 5. The number of nitrogens with zero attached hydrogens (tertiary/aromatic N) is 3. The Morgan fingerprint density at radius 1 is 1.18 bits per heavy atom. The van der Waals surface area contributed by atoms with Gasteiger partial charge in [-0.15, -0.1) is 0 Å². The fourth-order valence-electron chi connectivity index (χ4n) is 3.22. The Labute approximate surface area is 164 Å². The van der Waals surface area contributed by atoms with Gasteiger partial charge in [-0.2, -0.15) is 5.10 Å². The molecule has 2 aromatic carbocycles. The highest BCUT2D eigenvalue weighted by atomic mass is 19.1. The quantitative estimate of drug-likeness (QED) is 0.615. The number of anilines is 1. The Morgan fingerprint density at radius 2 is 1.89 bits per heavy atom. The molecule has 1 amide bonds. The number of phenols is 1. The molecule has 1 fully saturated rings. The van der Waals surface area contributed by atoms with Gasteiger partial charge in [0.2, 0.25) is 0 Å². The van der Waals surface area contributed by atoms with Crippen molar-refractivity contribution in [3.05, 3.63) is 59.4 Å². The van der Waals surface area contributed by atoms with Gasteiger partial charge in [-0.25, -0.2) is 9.82 Å². The molecule has 0 aliphatic carbocycles. The zero-order chi connectivity index (χ0) is 20.1. The summed E-state index contributed by atoms with van der Waals surface area (Å²) < 4.78 is 14.7. The molecule has 1 saturated heterocycles.